The summed E-state index contributed by atoms with van der Waals surface area (Å²) in [5, 5.41) is 11.7. The number of nitrogens with one attached hydrogen (secondary N) is 3. The number of anilines is 1. The third-order valence-corrected chi connectivity index (χ3v) is 4.57. The van der Waals surface area contributed by atoms with E-state index in [0.717, 1.165) is 12.1 Å². The van der Waals surface area contributed by atoms with Crippen LogP contribution in [0.2, 0.25) is 5.02 Å². The van der Waals surface area contributed by atoms with Gasteiger partial charge < -0.3 is 11.1 Å². The van der Waals surface area contributed by atoms with Crippen molar-refractivity contribution in [1.29, 1.82) is 5.41 Å². The van der Waals surface area contributed by atoms with Crippen LogP contribution < -0.4 is 16.4 Å². The zero-order valence-electron chi connectivity index (χ0n) is 17.1. The van der Waals surface area contributed by atoms with Crippen LogP contribution in [0.15, 0.2) is 60.8 Å². The van der Waals surface area contributed by atoms with Gasteiger partial charge >= 0.3 is 6.18 Å². The number of halogens is 4. The molecule has 0 saturated heterocycles. The quantitative estimate of drug-likeness (QED) is 0.254. The van der Waals surface area contributed by atoms with E-state index in [9.17, 15) is 22.8 Å². The number of nitrogens with zero attached hydrogens (tertiary/aromatic N) is 1. The Morgan fingerprint density at radius 2 is 1.74 bits per heavy atom. The number of rotatable bonds is 3. The van der Waals surface area contributed by atoms with Crippen LogP contribution in [0.1, 0.15) is 37.4 Å². The smallest absolute Gasteiger partial charge is 0.370 e. The van der Waals surface area contributed by atoms with E-state index in [1.807, 2.05) is 5.32 Å². The van der Waals surface area contributed by atoms with Gasteiger partial charge in [0.2, 0.25) is 0 Å². The number of nitrogens with two attached hydrogens (primary N) is 1. The van der Waals surface area contributed by atoms with Crippen molar-refractivity contribution in [1.82, 2.24) is 10.3 Å². The largest absolute Gasteiger partial charge is 0.416 e. The topological polar surface area (TPSA) is 121 Å². The lowest BCUT2D eigenvalue weighted by Gasteiger charge is -2.10. The molecule has 0 radical (unpaired) electrons. The molecule has 1 heterocycles. The van der Waals surface area contributed by atoms with Gasteiger partial charge in [0.05, 0.1) is 16.1 Å². The predicted octanol–water partition coefficient (Wildman–Crippen LogP) is 4.03. The highest BCUT2D eigenvalue weighted by Crippen LogP contribution is 2.30. The lowest BCUT2D eigenvalue weighted by atomic mass is 10.0. The summed E-state index contributed by atoms with van der Waals surface area (Å²) in [5.74, 6) is 3.28. The molecule has 3 aromatic rings. The van der Waals surface area contributed by atoms with E-state index in [4.69, 9.17) is 22.7 Å². The first-order chi connectivity index (χ1) is 16.0. The average molecular weight is 486 g/mol. The second kappa shape index (κ2) is 10.1. The minimum Gasteiger partial charge on any atom is -0.370 e. The van der Waals surface area contributed by atoms with Crippen molar-refractivity contribution in [2.24, 2.45) is 5.73 Å². The Bertz CT molecular complexity index is 1330. The summed E-state index contributed by atoms with van der Waals surface area (Å²) in [6, 6.07) is 11.8. The van der Waals surface area contributed by atoms with Crippen molar-refractivity contribution in [2.45, 2.75) is 6.18 Å². The summed E-state index contributed by atoms with van der Waals surface area (Å²) in [6.45, 7) is 0. The van der Waals surface area contributed by atoms with Gasteiger partial charge in [-0.25, -0.2) is 4.98 Å². The van der Waals surface area contributed by atoms with Crippen molar-refractivity contribution >= 4 is 35.2 Å². The average Bonchev–Trinajstić information content (AvgIpc) is 2.78. The third kappa shape index (κ3) is 6.34. The van der Waals surface area contributed by atoms with Crippen molar-refractivity contribution in [3.8, 4) is 11.8 Å². The van der Waals surface area contributed by atoms with Crippen LogP contribution in [-0.2, 0) is 6.18 Å². The first kappa shape index (κ1) is 24.3. The fourth-order valence-electron chi connectivity index (χ4n) is 2.73. The zero-order chi connectivity index (χ0) is 24.9. The van der Waals surface area contributed by atoms with Crippen molar-refractivity contribution in [3.63, 3.8) is 0 Å². The van der Waals surface area contributed by atoms with Gasteiger partial charge in [-0.3, -0.25) is 20.3 Å². The number of hydrogen-bond donors (Lipinski definition) is 4. The fraction of sp³-hybridized carbons (Fsp3) is 0.0435. The monoisotopic (exact) mass is 485 g/mol. The highest BCUT2D eigenvalue weighted by atomic mass is 35.5. The molecule has 2 amide bonds. The van der Waals surface area contributed by atoms with E-state index < -0.39 is 29.5 Å². The van der Waals surface area contributed by atoms with E-state index in [1.54, 1.807) is 18.2 Å². The number of benzene rings is 2. The number of pyridine rings is 1. The van der Waals surface area contributed by atoms with Gasteiger partial charge in [0.15, 0.2) is 5.96 Å². The molecule has 1 aromatic heterocycles. The highest BCUT2D eigenvalue weighted by Gasteiger charge is 2.31. The molecular weight excluding hydrogens is 471 g/mol. The molecule has 11 heteroatoms. The van der Waals surface area contributed by atoms with Gasteiger partial charge in [-0.05, 0) is 48.5 Å². The van der Waals surface area contributed by atoms with Gasteiger partial charge in [0, 0.05) is 22.9 Å². The Kier molecular flexibility index (Phi) is 7.18. The molecule has 172 valence electrons. The Hall–Kier alpha value is -4.36. The second-order valence-corrected chi connectivity index (χ2v) is 7.19. The molecule has 0 spiro atoms. The lowest BCUT2D eigenvalue weighted by Crippen LogP contribution is -2.35. The molecule has 2 aromatic carbocycles. The number of carbonyl (C=O) groups is 2. The molecule has 5 N–H and O–H groups in total. The number of guanidine groups is 1. The van der Waals surface area contributed by atoms with E-state index >= 15 is 0 Å². The van der Waals surface area contributed by atoms with Crippen molar-refractivity contribution < 1.29 is 22.8 Å². The van der Waals surface area contributed by atoms with Gasteiger partial charge in [-0.1, -0.05) is 29.5 Å². The number of aromatic nitrogens is 1. The molecule has 0 saturated carbocycles. The Morgan fingerprint density at radius 3 is 2.38 bits per heavy atom. The van der Waals surface area contributed by atoms with Gasteiger partial charge in [-0.15, -0.1) is 0 Å². The molecule has 0 aliphatic heterocycles. The molecule has 0 unspecified atom stereocenters. The lowest BCUT2D eigenvalue weighted by molar-refractivity contribution is -0.137. The fourth-order valence-corrected chi connectivity index (χ4v) is 2.93. The van der Waals surface area contributed by atoms with Crippen molar-refractivity contribution in [3.05, 3.63) is 93.6 Å². The van der Waals surface area contributed by atoms with Crippen LogP contribution in [0, 0.1) is 17.3 Å². The molecule has 0 fully saturated rings. The first-order valence-electron chi connectivity index (χ1n) is 9.44. The summed E-state index contributed by atoms with van der Waals surface area (Å²) in [5.41, 5.74) is 3.88. The van der Waals surface area contributed by atoms with Crippen LogP contribution in [0.25, 0.3) is 0 Å². The number of amides is 2. The standard InChI is InChI=1S/C23H15ClF3N5O2/c24-18-7-6-13(11-17(18)21(34)31-19-3-1-2-8-30-19)4-5-14-9-15(20(33)32-22(28)29)12-16(10-14)23(25,26)27/h1-3,6-12H,(H,30,31,34)(H4,28,29,32,33). The van der Waals surface area contributed by atoms with Crippen LogP contribution in [-0.4, -0.2) is 22.8 Å². The highest BCUT2D eigenvalue weighted by molar-refractivity contribution is 6.34. The summed E-state index contributed by atoms with van der Waals surface area (Å²) in [6.07, 6.45) is -3.24. The Balaban J connectivity index is 1.94. The molecule has 0 bridgehead atoms. The van der Waals surface area contributed by atoms with Crippen LogP contribution in [0.3, 0.4) is 0 Å². The van der Waals surface area contributed by atoms with Gasteiger partial charge in [0.1, 0.15) is 5.82 Å². The Morgan fingerprint density at radius 1 is 1.00 bits per heavy atom. The Labute approximate surface area is 196 Å². The van der Waals surface area contributed by atoms with Crippen LogP contribution in [0.4, 0.5) is 19.0 Å². The summed E-state index contributed by atoms with van der Waals surface area (Å²) in [7, 11) is 0. The number of alkyl halides is 3. The van der Waals surface area contributed by atoms with E-state index in [2.05, 4.69) is 22.1 Å². The maximum atomic E-state index is 13.3. The minimum atomic E-state index is -4.74. The third-order valence-electron chi connectivity index (χ3n) is 4.24. The van der Waals surface area contributed by atoms with Gasteiger partial charge in [0.25, 0.3) is 11.8 Å². The molecule has 0 aliphatic rings. The van der Waals surface area contributed by atoms with Crippen LogP contribution in [0.5, 0.6) is 0 Å². The zero-order valence-corrected chi connectivity index (χ0v) is 17.9. The maximum absolute atomic E-state index is 13.3. The predicted molar refractivity (Wildman–Crippen MR) is 120 cm³/mol. The summed E-state index contributed by atoms with van der Waals surface area (Å²) >= 11 is 6.12. The number of hydrogen-bond acceptors (Lipinski definition) is 4. The SMILES string of the molecule is N=C(N)NC(=O)c1cc(C#Cc2ccc(Cl)c(C(=O)Nc3ccccn3)c2)cc(C(F)(F)F)c1. The number of carbonyl (C=O) groups excluding carboxylic acids is 2. The second-order valence-electron chi connectivity index (χ2n) is 6.78. The molecule has 0 atom stereocenters. The van der Waals surface area contributed by atoms with Crippen molar-refractivity contribution in [2.75, 3.05) is 5.32 Å². The van der Waals surface area contributed by atoms with E-state index in [-0.39, 0.29) is 21.7 Å². The first-order valence-corrected chi connectivity index (χ1v) is 9.82. The molecule has 0 aliphatic carbocycles. The van der Waals surface area contributed by atoms with E-state index in [0.29, 0.717) is 17.4 Å². The molecule has 3 rings (SSSR count). The van der Waals surface area contributed by atoms with Crippen LogP contribution >= 0.6 is 11.6 Å². The summed E-state index contributed by atoms with van der Waals surface area (Å²) < 4.78 is 39.9. The maximum Gasteiger partial charge on any atom is 0.416 e. The molecule has 34 heavy (non-hydrogen) atoms. The van der Waals surface area contributed by atoms with Gasteiger partial charge in [-0.2, -0.15) is 13.2 Å². The van der Waals surface area contributed by atoms with E-state index in [1.165, 1.54) is 24.4 Å². The molecular formula is C23H15ClF3N5O2. The minimum absolute atomic E-state index is 0.0877. The molecule has 7 nitrogen and oxygen atoms in total. The summed E-state index contributed by atoms with van der Waals surface area (Å²) in [4.78, 5) is 28.6. The normalized spacial score (nSPS) is 10.6.